The van der Waals surface area contributed by atoms with Gasteiger partial charge >= 0.3 is 5.89 Å². The van der Waals surface area contributed by atoms with Crippen LogP contribution in [0.2, 0.25) is 10.0 Å². The molecule has 2 aromatic rings. The zero-order valence-electron chi connectivity index (χ0n) is 17.6. The van der Waals surface area contributed by atoms with E-state index in [0.717, 1.165) is 35.3 Å². The maximum atomic E-state index is 11.1. The summed E-state index contributed by atoms with van der Waals surface area (Å²) < 4.78 is 40.9. The Balaban J connectivity index is 1.97. The molecule has 0 spiro atoms. The van der Waals surface area contributed by atoms with Gasteiger partial charge in [-0.15, -0.1) is 0 Å². The number of oxazole rings is 1. The Kier molecular flexibility index (Phi) is 7.36. The van der Waals surface area contributed by atoms with Crippen LogP contribution in [0.5, 0.6) is 0 Å². The number of halogens is 2. The maximum absolute atomic E-state index is 11.1. The van der Waals surface area contributed by atoms with Gasteiger partial charge in [0.05, 0.1) is 37.6 Å². The molecule has 0 bridgehead atoms. The van der Waals surface area contributed by atoms with Crippen molar-refractivity contribution in [3.05, 3.63) is 58.0 Å². The van der Waals surface area contributed by atoms with Crippen molar-refractivity contribution in [2.45, 2.75) is 33.7 Å². The van der Waals surface area contributed by atoms with Gasteiger partial charge in [0.1, 0.15) is 12.4 Å². The summed E-state index contributed by atoms with van der Waals surface area (Å²) in [5.74, 6) is 1.13. The molecule has 1 aromatic carbocycles. The molecule has 1 aliphatic rings. The van der Waals surface area contributed by atoms with Crippen LogP contribution in [0, 0.1) is 6.92 Å². The van der Waals surface area contributed by atoms with Crippen molar-refractivity contribution < 1.29 is 22.0 Å². The molecule has 1 aromatic heterocycles. The maximum Gasteiger partial charge on any atom is 0.373 e. The fourth-order valence-electron chi connectivity index (χ4n) is 3.70. The molecule has 1 aliphatic heterocycles. The quantitative estimate of drug-likeness (QED) is 0.408. The minimum atomic E-state index is -4.29. The number of benzene rings is 1. The number of fused-ring (bicyclic) bond motifs is 1. The molecular weight excluding hydrogens is 461 g/mol. The largest absolute Gasteiger partial charge is 0.748 e. The predicted molar refractivity (Wildman–Crippen MR) is 122 cm³/mol. The molecule has 0 aliphatic carbocycles. The zero-order valence-corrected chi connectivity index (χ0v) is 20.0. The van der Waals surface area contributed by atoms with E-state index in [1.165, 1.54) is 0 Å². The Morgan fingerprint density at radius 1 is 1.16 bits per heavy atom. The standard InChI is InChI=1S/C21H25Cl2N3O4S/c1-4-24-15(3)14-30-21(24)9-6-8-20-25(5-2)18-12-16(22)17(23)13-19(18)26(20)10-7-11-31(27,28)29/h6,8-9,12-14H,4-5,7,10-11H2,1-3H3. The van der Waals surface area contributed by atoms with Crippen LogP contribution in [0.15, 0.2) is 40.8 Å². The number of aromatic nitrogens is 1. The van der Waals surface area contributed by atoms with Crippen molar-refractivity contribution in [2.75, 3.05) is 28.6 Å². The van der Waals surface area contributed by atoms with Gasteiger partial charge in [-0.1, -0.05) is 23.2 Å². The monoisotopic (exact) mass is 485 g/mol. The minimum Gasteiger partial charge on any atom is -0.748 e. The molecule has 0 fully saturated rings. The summed E-state index contributed by atoms with van der Waals surface area (Å²) in [6.45, 7) is 7.83. The van der Waals surface area contributed by atoms with Crippen molar-refractivity contribution in [1.29, 1.82) is 0 Å². The lowest BCUT2D eigenvalue weighted by Crippen LogP contribution is -2.35. The van der Waals surface area contributed by atoms with Crippen molar-refractivity contribution >= 4 is 50.8 Å². The average molecular weight is 486 g/mol. The van der Waals surface area contributed by atoms with Crippen LogP contribution >= 0.6 is 23.2 Å². The minimum absolute atomic E-state index is 0.192. The molecule has 0 amide bonds. The molecule has 31 heavy (non-hydrogen) atoms. The van der Waals surface area contributed by atoms with Gasteiger partial charge in [0, 0.05) is 25.8 Å². The van der Waals surface area contributed by atoms with Gasteiger partial charge in [-0.3, -0.25) is 0 Å². The molecular formula is C21H25Cl2N3O4S. The van der Waals surface area contributed by atoms with Gasteiger partial charge in [0.2, 0.25) is 5.69 Å². The first kappa shape index (κ1) is 23.7. The third-order valence-electron chi connectivity index (χ3n) is 5.09. The van der Waals surface area contributed by atoms with Crippen LogP contribution in [-0.4, -0.2) is 31.8 Å². The van der Waals surface area contributed by atoms with Crippen LogP contribution in [-0.2, 0) is 16.7 Å². The zero-order chi connectivity index (χ0) is 22.8. The Morgan fingerprint density at radius 2 is 1.81 bits per heavy atom. The molecule has 0 unspecified atom stereocenters. The second-order valence-electron chi connectivity index (χ2n) is 7.11. The number of aryl methyl sites for hydroxylation is 1. The van der Waals surface area contributed by atoms with Crippen LogP contribution in [0.1, 0.15) is 31.9 Å². The molecule has 3 rings (SSSR count). The Bertz CT molecular complexity index is 1130. The van der Waals surface area contributed by atoms with E-state index in [1.54, 1.807) is 18.4 Å². The second-order valence-corrected chi connectivity index (χ2v) is 9.45. The predicted octanol–water partition coefficient (Wildman–Crippen LogP) is 4.34. The summed E-state index contributed by atoms with van der Waals surface area (Å²) in [5.41, 5.74) is 2.72. The van der Waals surface area contributed by atoms with Gasteiger partial charge in [-0.2, -0.15) is 4.57 Å². The summed E-state index contributed by atoms with van der Waals surface area (Å²) in [5, 5.41) is 0.845. The normalized spacial score (nSPS) is 15.5. The van der Waals surface area contributed by atoms with Gasteiger partial charge in [-0.05, 0) is 44.6 Å². The van der Waals surface area contributed by atoms with Crippen LogP contribution in [0.3, 0.4) is 0 Å². The number of hydrogen-bond donors (Lipinski definition) is 0. The summed E-state index contributed by atoms with van der Waals surface area (Å²) in [4.78, 5) is 4.02. The fraction of sp³-hybridized carbons (Fsp3) is 0.381. The van der Waals surface area contributed by atoms with E-state index >= 15 is 0 Å². The highest BCUT2D eigenvalue weighted by Crippen LogP contribution is 2.45. The first-order chi connectivity index (χ1) is 14.7. The van der Waals surface area contributed by atoms with E-state index in [2.05, 4.69) is 4.90 Å². The molecule has 0 atom stereocenters. The molecule has 0 saturated heterocycles. The number of anilines is 2. The van der Waals surface area contributed by atoms with Crippen molar-refractivity contribution in [3.8, 4) is 0 Å². The lowest BCUT2D eigenvalue weighted by Gasteiger charge is -2.24. The number of nitrogens with zero attached hydrogens (tertiary/aromatic N) is 3. The van der Waals surface area contributed by atoms with E-state index in [4.69, 9.17) is 27.6 Å². The van der Waals surface area contributed by atoms with E-state index in [1.807, 2.05) is 48.5 Å². The van der Waals surface area contributed by atoms with Crippen LogP contribution in [0.4, 0.5) is 11.4 Å². The Morgan fingerprint density at radius 3 is 2.39 bits per heavy atom. The highest BCUT2D eigenvalue weighted by atomic mass is 35.5. The van der Waals surface area contributed by atoms with Gasteiger partial charge < -0.3 is 18.8 Å². The number of rotatable bonds is 8. The topological polar surface area (TPSA) is 80.7 Å². The summed E-state index contributed by atoms with van der Waals surface area (Å²) >= 11 is 12.5. The molecule has 2 heterocycles. The van der Waals surface area contributed by atoms with Crippen LogP contribution in [0.25, 0.3) is 6.08 Å². The number of allylic oxidation sites excluding steroid dienone is 2. The summed E-state index contributed by atoms with van der Waals surface area (Å²) in [7, 11) is -4.29. The van der Waals surface area contributed by atoms with E-state index in [0.29, 0.717) is 23.1 Å². The highest BCUT2D eigenvalue weighted by Gasteiger charge is 2.31. The van der Waals surface area contributed by atoms with E-state index in [-0.39, 0.29) is 6.42 Å². The van der Waals surface area contributed by atoms with E-state index in [9.17, 15) is 13.0 Å². The van der Waals surface area contributed by atoms with Crippen molar-refractivity contribution in [2.24, 2.45) is 0 Å². The average Bonchev–Trinajstić information content (AvgIpc) is 3.18. The molecule has 10 heteroatoms. The van der Waals surface area contributed by atoms with Crippen LogP contribution < -0.4 is 14.4 Å². The molecule has 7 nitrogen and oxygen atoms in total. The van der Waals surface area contributed by atoms with Crippen molar-refractivity contribution in [1.82, 2.24) is 0 Å². The summed E-state index contributed by atoms with van der Waals surface area (Å²) in [6, 6.07) is 3.56. The fourth-order valence-corrected chi connectivity index (χ4v) is 4.49. The second kappa shape index (κ2) is 9.65. The Labute approximate surface area is 192 Å². The van der Waals surface area contributed by atoms with Gasteiger partial charge in [-0.25, -0.2) is 8.42 Å². The lowest BCUT2D eigenvalue weighted by molar-refractivity contribution is -0.703. The molecule has 0 saturated carbocycles. The Hall–Kier alpha value is -2.00. The molecule has 0 radical (unpaired) electrons. The number of hydrogen-bond acceptors (Lipinski definition) is 6. The van der Waals surface area contributed by atoms with Gasteiger partial charge in [0.25, 0.3) is 0 Å². The third kappa shape index (κ3) is 5.26. The first-order valence-electron chi connectivity index (χ1n) is 10.00. The van der Waals surface area contributed by atoms with Gasteiger partial charge in [0.15, 0.2) is 6.26 Å². The molecule has 0 N–H and O–H groups in total. The summed E-state index contributed by atoms with van der Waals surface area (Å²) in [6.07, 6.45) is 7.58. The SMILES string of the molecule is CCN1/C(=C\C=C\c2occ(C)[n+]2CC)N(CCCS(=O)(=O)[O-])c2cc(Cl)c(Cl)cc21. The molecule has 168 valence electrons. The first-order valence-corrected chi connectivity index (χ1v) is 12.3. The van der Waals surface area contributed by atoms with Crippen molar-refractivity contribution in [3.63, 3.8) is 0 Å². The third-order valence-corrected chi connectivity index (χ3v) is 6.60. The highest BCUT2D eigenvalue weighted by molar-refractivity contribution is 7.85. The lowest BCUT2D eigenvalue weighted by atomic mass is 10.2. The smallest absolute Gasteiger partial charge is 0.373 e. The van der Waals surface area contributed by atoms with E-state index < -0.39 is 15.9 Å².